The fraction of sp³-hybridized carbons (Fsp3) is 0.691. The Kier molecular flexibility index (Phi) is 46.5. The van der Waals surface area contributed by atoms with Gasteiger partial charge in [0.1, 0.15) is 13.2 Å². The summed E-state index contributed by atoms with van der Waals surface area (Å²) in [6.07, 6.45) is 62.8. The van der Waals surface area contributed by atoms with Gasteiger partial charge in [0.25, 0.3) is 0 Å². The Labute approximate surface area is 375 Å². The lowest BCUT2D eigenvalue weighted by atomic mass is 10.1. The third-order valence-corrected chi connectivity index (χ3v) is 10.4. The molecule has 0 rings (SSSR count). The predicted molar refractivity (Wildman–Crippen MR) is 261 cm³/mol. The number of unbranched alkanes of at least 4 members (excludes halogenated alkanes) is 19. The van der Waals surface area contributed by atoms with E-state index < -0.39 is 6.10 Å². The van der Waals surface area contributed by atoms with Gasteiger partial charge in [0.15, 0.2) is 6.10 Å². The summed E-state index contributed by atoms with van der Waals surface area (Å²) in [5.41, 5.74) is 0. The summed E-state index contributed by atoms with van der Waals surface area (Å²) in [5.74, 6) is -0.930. The fourth-order valence-corrected chi connectivity index (χ4v) is 6.60. The van der Waals surface area contributed by atoms with Crippen LogP contribution in [-0.4, -0.2) is 37.2 Å². The molecule has 0 aromatic heterocycles. The molecule has 0 N–H and O–H groups in total. The molecule has 0 radical (unpaired) electrons. The number of hydrogen-bond acceptors (Lipinski definition) is 6. The molecule has 0 saturated carbocycles. The van der Waals surface area contributed by atoms with Crippen LogP contribution in [0.1, 0.15) is 226 Å². The molecule has 0 amide bonds. The first kappa shape index (κ1) is 57.6. The zero-order valence-electron chi connectivity index (χ0n) is 39.7. The molecule has 0 aliphatic heterocycles. The van der Waals surface area contributed by atoms with Crippen molar-refractivity contribution in [1.82, 2.24) is 0 Å². The lowest BCUT2D eigenvalue weighted by Gasteiger charge is -2.18. The molecule has 0 bridgehead atoms. The van der Waals surface area contributed by atoms with Gasteiger partial charge in [-0.2, -0.15) is 0 Å². The minimum Gasteiger partial charge on any atom is -0.462 e. The van der Waals surface area contributed by atoms with Crippen molar-refractivity contribution >= 4 is 17.9 Å². The van der Waals surface area contributed by atoms with Crippen molar-refractivity contribution in [2.45, 2.75) is 232 Å². The molecule has 6 heteroatoms. The molecule has 0 fully saturated rings. The molecule has 0 aliphatic carbocycles. The van der Waals surface area contributed by atoms with E-state index in [0.717, 1.165) is 135 Å². The average molecular weight is 849 g/mol. The molecule has 1 atom stereocenters. The van der Waals surface area contributed by atoms with Gasteiger partial charge in [0.2, 0.25) is 0 Å². The van der Waals surface area contributed by atoms with Gasteiger partial charge in [0.05, 0.1) is 0 Å². The van der Waals surface area contributed by atoms with Gasteiger partial charge in [-0.15, -0.1) is 0 Å². The van der Waals surface area contributed by atoms with Crippen LogP contribution >= 0.6 is 0 Å². The molecule has 6 nitrogen and oxygen atoms in total. The SMILES string of the molecule is CC/C=C\C/C=C\C/C=C\C/C=C\C/C=C\CCCCCCCC(=O)OCC(COC(=O)CCCCCCCCCC)OC(=O)CCCCCCC/C=C\C/C=C\CCCC. The Balaban J connectivity index is 4.35. The lowest BCUT2D eigenvalue weighted by Crippen LogP contribution is -2.30. The molecule has 0 saturated heterocycles. The van der Waals surface area contributed by atoms with Gasteiger partial charge in [-0.05, 0) is 89.9 Å². The van der Waals surface area contributed by atoms with E-state index in [9.17, 15) is 14.4 Å². The molecule has 0 aliphatic rings. The highest BCUT2D eigenvalue weighted by Gasteiger charge is 2.19. The molecular weight excluding hydrogens is 757 g/mol. The molecule has 0 heterocycles. The van der Waals surface area contributed by atoms with E-state index in [1.165, 1.54) is 51.4 Å². The number of rotatable bonds is 44. The number of esters is 3. The maximum Gasteiger partial charge on any atom is 0.306 e. The summed E-state index contributed by atoms with van der Waals surface area (Å²) in [6.45, 7) is 6.41. The van der Waals surface area contributed by atoms with Crippen LogP contribution in [0.2, 0.25) is 0 Å². The summed E-state index contributed by atoms with van der Waals surface area (Å²) in [7, 11) is 0. The second-order valence-corrected chi connectivity index (χ2v) is 16.3. The van der Waals surface area contributed by atoms with Crippen LogP contribution in [-0.2, 0) is 28.6 Å². The Morgan fingerprint density at radius 3 is 1.05 bits per heavy atom. The number of ether oxygens (including phenoxy) is 3. The predicted octanol–water partition coefficient (Wildman–Crippen LogP) is 16.4. The molecular formula is C55H92O6. The molecule has 0 aromatic rings. The van der Waals surface area contributed by atoms with E-state index in [2.05, 4.69) is 106 Å². The highest BCUT2D eigenvalue weighted by Crippen LogP contribution is 2.13. The molecule has 348 valence electrons. The highest BCUT2D eigenvalue weighted by molar-refractivity contribution is 5.71. The van der Waals surface area contributed by atoms with Crippen LogP contribution < -0.4 is 0 Å². The number of carbonyl (C=O) groups excluding carboxylic acids is 3. The van der Waals surface area contributed by atoms with Crippen molar-refractivity contribution in [2.75, 3.05) is 13.2 Å². The van der Waals surface area contributed by atoms with Crippen LogP contribution in [0.25, 0.3) is 0 Å². The summed E-state index contributed by atoms with van der Waals surface area (Å²) in [5, 5.41) is 0. The Hall–Kier alpha value is -3.41. The molecule has 0 aromatic carbocycles. The second-order valence-electron chi connectivity index (χ2n) is 16.3. The Morgan fingerprint density at radius 2 is 0.656 bits per heavy atom. The first-order valence-electron chi connectivity index (χ1n) is 25.1. The van der Waals surface area contributed by atoms with E-state index in [-0.39, 0.29) is 31.1 Å². The third-order valence-electron chi connectivity index (χ3n) is 10.4. The van der Waals surface area contributed by atoms with Crippen molar-refractivity contribution in [3.8, 4) is 0 Å². The number of carbonyl (C=O) groups is 3. The van der Waals surface area contributed by atoms with Gasteiger partial charge in [0, 0.05) is 19.3 Å². The standard InChI is InChI=1S/C55H92O6/c1-4-7-10-13-16-19-21-23-25-26-27-28-29-30-31-33-34-36-39-42-45-48-54(57)60-51-52(50-59-53(56)47-44-41-38-18-15-12-9-6-3)61-55(58)49-46-43-40-37-35-32-24-22-20-17-14-11-8-5-2/h7,10,14,16-17,19,22-25,27-28,30-31,52H,4-6,8-9,11-13,15,18,20-21,26,29,32-51H2,1-3H3/b10-7-,17-14-,19-16-,24-22-,25-23-,28-27-,31-30-. The summed E-state index contributed by atoms with van der Waals surface area (Å²) in [4.78, 5) is 37.8. The minimum atomic E-state index is -0.789. The Bertz CT molecular complexity index is 1200. The lowest BCUT2D eigenvalue weighted by molar-refractivity contribution is -0.167. The quantitative estimate of drug-likeness (QED) is 0.0263. The first-order valence-corrected chi connectivity index (χ1v) is 25.1. The number of allylic oxidation sites excluding steroid dienone is 14. The van der Waals surface area contributed by atoms with E-state index in [1.54, 1.807) is 0 Å². The van der Waals surface area contributed by atoms with Crippen molar-refractivity contribution in [1.29, 1.82) is 0 Å². The smallest absolute Gasteiger partial charge is 0.306 e. The van der Waals surface area contributed by atoms with E-state index in [0.29, 0.717) is 19.3 Å². The monoisotopic (exact) mass is 849 g/mol. The molecule has 0 spiro atoms. The van der Waals surface area contributed by atoms with E-state index in [1.807, 2.05) is 0 Å². The van der Waals surface area contributed by atoms with Gasteiger partial charge in [-0.3, -0.25) is 14.4 Å². The maximum absolute atomic E-state index is 12.7. The Morgan fingerprint density at radius 1 is 0.344 bits per heavy atom. The maximum atomic E-state index is 12.7. The van der Waals surface area contributed by atoms with Crippen LogP contribution in [0.4, 0.5) is 0 Å². The average Bonchev–Trinajstić information content (AvgIpc) is 3.26. The number of hydrogen-bond donors (Lipinski definition) is 0. The minimum absolute atomic E-state index is 0.0885. The second kappa shape index (κ2) is 49.2. The normalized spacial score (nSPS) is 12.8. The first-order chi connectivity index (χ1) is 30.0. The zero-order valence-corrected chi connectivity index (χ0v) is 39.7. The third kappa shape index (κ3) is 47.5. The van der Waals surface area contributed by atoms with Crippen molar-refractivity contribution in [3.05, 3.63) is 85.1 Å². The van der Waals surface area contributed by atoms with Crippen LogP contribution in [0.15, 0.2) is 85.1 Å². The van der Waals surface area contributed by atoms with Crippen LogP contribution in [0, 0.1) is 0 Å². The van der Waals surface area contributed by atoms with Gasteiger partial charge in [-0.25, -0.2) is 0 Å². The van der Waals surface area contributed by atoms with Gasteiger partial charge < -0.3 is 14.2 Å². The van der Waals surface area contributed by atoms with Gasteiger partial charge in [-0.1, -0.05) is 202 Å². The van der Waals surface area contributed by atoms with Crippen LogP contribution in [0.5, 0.6) is 0 Å². The molecule has 61 heavy (non-hydrogen) atoms. The van der Waals surface area contributed by atoms with E-state index >= 15 is 0 Å². The summed E-state index contributed by atoms with van der Waals surface area (Å²) < 4.78 is 16.7. The fourth-order valence-electron chi connectivity index (χ4n) is 6.60. The van der Waals surface area contributed by atoms with Crippen molar-refractivity contribution < 1.29 is 28.6 Å². The topological polar surface area (TPSA) is 78.9 Å². The zero-order chi connectivity index (χ0) is 44.4. The summed E-state index contributed by atoms with van der Waals surface area (Å²) >= 11 is 0. The molecule has 1 unspecified atom stereocenters. The van der Waals surface area contributed by atoms with Crippen molar-refractivity contribution in [3.63, 3.8) is 0 Å². The van der Waals surface area contributed by atoms with Crippen LogP contribution in [0.3, 0.4) is 0 Å². The van der Waals surface area contributed by atoms with Crippen molar-refractivity contribution in [2.24, 2.45) is 0 Å². The van der Waals surface area contributed by atoms with E-state index in [4.69, 9.17) is 14.2 Å². The largest absolute Gasteiger partial charge is 0.462 e. The van der Waals surface area contributed by atoms with Gasteiger partial charge >= 0.3 is 17.9 Å². The summed E-state index contributed by atoms with van der Waals surface area (Å²) in [6, 6.07) is 0. The highest BCUT2D eigenvalue weighted by atomic mass is 16.6.